The largest absolute Gasteiger partial charge is 0.377 e. The molecule has 1 atom stereocenters. The number of hydrogen-bond acceptors (Lipinski definition) is 3. The molecule has 0 bridgehead atoms. The molecule has 1 saturated carbocycles. The summed E-state index contributed by atoms with van der Waals surface area (Å²) in [5.41, 5.74) is 1.76. The molecule has 1 N–H and O–H groups in total. The summed E-state index contributed by atoms with van der Waals surface area (Å²) in [7, 11) is 0. The van der Waals surface area contributed by atoms with Crippen LogP contribution >= 0.6 is 0 Å². The SMILES string of the molecule is c1ccc(COCCC2(C[C@H]3NCCO3)CC2)cc1. The van der Waals surface area contributed by atoms with Crippen LogP contribution in [0.15, 0.2) is 30.3 Å². The summed E-state index contributed by atoms with van der Waals surface area (Å²) in [6.07, 6.45) is 5.28. The first kappa shape index (κ1) is 13.1. The molecule has 0 unspecified atom stereocenters. The van der Waals surface area contributed by atoms with E-state index in [9.17, 15) is 0 Å². The van der Waals surface area contributed by atoms with E-state index in [1.165, 1.54) is 24.8 Å². The molecule has 2 aliphatic rings. The minimum absolute atomic E-state index is 0.289. The highest BCUT2D eigenvalue weighted by Gasteiger charge is 2.44. The number of ether oxygens (including phenoxy) is 2. The molecule has 0 amide bonds. The molecular formula is C16H23NO2. The first-order valence-electron chi connectivity index (χ1n) is 7.33. The second kappa shape index (κ2) is 6.04. The van der Waals surface area contributed by atoms with Gasteiger partial charge in [-0.15, -0.1) is 0 Å². The maximum Gasteiger partial charge on any atom is 0.108 e. The highest BCUT2D eigenvalue weighted by atomic mass is 16.5. The minimum atomic E-state index is 0.289. The Hall–Kier alpha value is -0.900. The summed E-state index contributed by atoms with van der Waals surface area (Å²) in [5.74, 6) is 0. The van der Waals surface area contributed by atoms with Crippen LogP contribution in [0, 0.1) is 5.41 Å². The van der Waals surface area contributed by atoms with Gasteiger partial charge in [0, 0.05) is 13.2 Å². The smallest absolute Gasteiger partial charge is 0.108 e. The first-order chi connectivity index (χ1) is 9.36. The lowest BCUT2D eigenvalue weighted by molar-refractivity contribution is 0.0578. The van der Waals surface area contributed by atoms with Crippen LogP contribution < -0.4 is 5.32 Å². The number of nitrogens with one attached hydrogen (secondary N) is 1. The summed E-state index contributed by atoms with van der Waals surface area (Å²) in [6, 6.07) is 10.4. The van der Waals surface area contributed by atoms with Gasteiger partial charge in [0.25, 0.3) is 0 Å². The highest BCUT2D eigenvalue weighted by molar-refractivity contribution is 5.13. The topological polar surface area (TPSA) is 30.5 Å². The molecule has 1 saturated heterocycles. The zero-order valence-electron chi connectivity index (χ0n) is 11.4. The van der Waals surface area contributed by atoms with E-state index in [0.717, 1.165) is 32.8 Å². The molecule has 3 rings (SSSR count). The molecule has 2 fully saturated rings. The van der Waals surface area contributed by atoms with Gasteiger partial charge in [-0.3, -0.25) is 5.32 Å². The molecule has 0 spiro atoms. The molecule has 1 aliphatic carbocycles. The van der Waals surface area contributed by atoms with Crippen molar-refractivity contribution in [1.29, 1.82) is 0 Å². The van der Waals surface area contributed by atoms with Crippen molar-refractivity contribution in [3.8, 4) is 0 Å². The number of hydrogen-bond donors (Lipinski definition) is 1. The van der Waals surface area contributed by atoms with Crippen LogP contribution in [0.25, 0.3) is 0 Å². The Morgan fingerprint density at radius 3 is 2.79 bits per heavy atom. The Labute approximate surface area is 115 Å². The summed E-state index contributed by atoms with van der Waals surface area (Å²) in [5, 5.41) is 3.41. The fourth-order valence-electron chi connectivity index (χ4n) is 2.79. The van der Waals surface area contributed by atoms with E-state index in [2.05, 4.69) is 29.6 Å². The van der Waals surface area contributed by atoms with Crippen LogP contribution in [0.5, 0.6) is 0 Å². The zero-order valence-corrected chi connectivity index (χ0v) is 11.4. The minimum Gasteiger partial charge on any atom is -0.377 e. The third kappa shape index (κ3) is 3.78. The Balaban J connectivity index is 1.35. The van der Waals surface area contributed by atoms with E-state index in [0.29, 0.717) is 5.41 Å². The lowest BCUT2D eigenvalue weighted by Gasteiger charge is -2.19. The van der Waals surface area contributed by atoms with Crippen molar-refractivity contribution in [1.82, 2.24) is 5.32 Å². The van der Waals surface area contributed by atoms with E-state index in [-0.39, 0.29) is 6.23 Å². The van der Waals surface area contributed by atoms with E-state index in [4.69, 9.17) is 9.47 Å². The second-order valence-electron chi connectivity index (χ2n) is 5.81. The Kier molecular flexibility index (Phi) is 4.16. The van der Waals surface area contributed by atoms with E-state index < -0.39 is 0 Å². The molecule has 3 heteroatoms. The maximum absolute atomic E-state index is 5.80. The van der Waals surface area contributed by atoms with Crippen LogP contribution in [0.4, 0.5) is 0 Å². The van der Waals surface area contributed by atoms with Crippen molar-refractivity contribution in [2.24, 2.45) is 5.41 Å². The van der Waals surface area contributed by atoms with Crippen LogP contribution in [0.2, 0.25) is 0 Å². The van der Waals surface area contributed by atoms with Crippen molar-refractivity contribution in [2.45, 2.75) is 38.5 Å². The second-order valence-corrected chi connectivity index (χ2v) is 5.81. The van der Waals surface area contributed by atoms with Gasteiger partial charge in [0.05, 0.1) is 13.2 Å². The molecule has 19 heavy (non-hydrogen) atoms. The van der Waals surface area contributed by atoms with Crippen molar-refractivity contribution in [3.63, 3.8) is 0 Å². The van der Waals surface area contributed by atoms with Crippen molar-refractivity contribution in [3.05, 3.63) is 35.9 Å². The van der Waals surface area contributed by atoms with Gasteiger partial charge in [-0.1, -0.05) is 30.3 Å². The van der Waals surface area contributed by atoms with E-state index >= 15 is 0 Å². The molecular weight excluding hydrogens is 238 g/mol. The van der Waals surface area contributed by atoms with Gasteiger partial charge < -0.3 is 9.47 Å². The predicted octanol–water partition coefficient (Wildman–Crippen LogP) is 2.71. The van der Waals surface area contributed by atoms with Crippen molar-refractivity contribution in [2.75, 3.05) is 19.8 Å². The predicted molar refractivity (Wildman–Crippen MR) is 74.7 cm³/mol. The average molecular weight is 261 g/mol. The van der Waals surface area contributed by atoms with Gasteiger partial charge in [-0.05, 0) is 36.7 Å². The van der Waals surface area contributed by atoms with Crippen LogP contribution in [-0.4, -0.2) is 26.0 Å². The standard InChI is InChI=1S/C16H23NO2/c1-2-4-14(5-3-1)13-18-10-8-16(6-7-16)12-15-17-9-11-19-15/h1-5,15,17H,6-13H2/t15-/m0/s1. The molecule has 3 nitrogen and oxygen atoms in total. The normalized spacial score (nSPS) is 24.5. The quantitative estimate of drug-likeness (QED) is 0.766. The Morgan fingerprint density at radius 1 is 1.26 bits per heavy atom. The molecule has 0 aromatic heterocycles. The third-order valence-electron chi connectivity index (χ3n) is 4.26. The van der Waals surface area contributed by atoms with Crippen LogP contribution in [0.1, 0.15) is 31.2 Å². The molecule has 1 aromatic carbocycles. The number of benzene rings is 1. The first-order valence-corrected chi connectivity index (χ1v) is 7.33. The number of rotatable bonds is 7. The maximum atomic E-state index is 5.80. The van der Waals surface area contributed by atoms with Crippen LogP contribution in [0.3, 0.4) is 0 Å². The van der Waals surface area contributed by atoms with Crippen molar-refractivity contribution < 1.29 is 9.47 Å². The monoisotopic (exact) mass is 261 g/mol. The Bertz CT molecular complexity index is 383. The molecule has 1 heterocycles. The molecule has 1 aliphatic heterocycles. The van der Waals surface area contributed by atoms with Gasteiger partial charge in [-0.25, -0.2) is 0 Å². The lowest BCUT2D eigenvalue weighted by Crippen LogP contribution is -2.26. The Morgan fingerprint density at radius 2 is 2.11 bits per heavy atom. The highest BCUT2D eigenvalue weighted by Crippen LogP contribution is 2.52. The van der Waals surface area contributed by atoms with Gasteiger partial charge >= 0.3 is 0 Å². The molecule has 0 radical (unpaired) electrons. The molecule has 104 valence electrons. The fourth-order valence-corrected chi connectivity index (χ4v) is 2.79. The van der Waals surface area contributed by atoms with Gasteiger partial charge in [0.1, 0.15) is 6.23 Å². The van der Waals surface area contributed by atoms with Gasteiger partial charge in [0.15, 0.2) is 0 Å². The lowest BCUT2D eigenvalue weighted by atomic mass is 9.97. The van der Waals surface area contributed by atoms with Crippen LogP contribution in [-0.2, 0) is 16.1 Å². The summed E-state index contributed by atoms with van der Waals surface area (Å²) < 4.78 is 11.5. The average Bonchev–Trinajstić information content (AvgIpc) is 3.00. The van der Waals surface area contributed by atoms with Gasteiger partial charge in [0.2, 0.25) is 0 Å². The summed E-state index contributed by atoms with van der Waals surface area (Å²) >= 11 is 0. The van der Waals surface area contributed by atoms with Crippen molar-refractivity contribution >= 4 is 0 Å². The van der Waals surface area contributed by atoms with Gasteiger partial charge in [-0.2, -0.15) is 0 Å². The van der Waals surface area contributed by atoms with E-state index in [1.807, 2.05) is 6.07 Å². The van der Waals surface area contributed by atoms with E-state index in [1.54, 1.807) is 0 Å². The third-order valence-corrected chi connectivity index (χ3v) is 4.26. The fraction of sp³-hybridized carbons (Fsp3) is 0.625. The molecule has 1 aromatic rings. The summed E-state index contributed by atoms with van der Waals surface area (Å²) in [6.45, 7) is 3.47. The zero-order chi connectivity index (χ0) is 13.0. The summed E-state index contributed by atoms with van der Waals surface area (Å²) in [4.78, 5) is 0.